The summed E-state index contributed by atoms with van der Waals surface area (Å²) in [7, 11) is -1.24. The highest BCUT2D eigenvalue weighted by molar-refractivity contribution is 6.59. The Kier molecular flexibility index (Phi) is 20.8. The third-order valence-electron chi connectivity index (χ3n) is 15.0. The molecule has 0 radical (unpaired) electrons. The van der Waals surface area contributed by atoms with Crippen LogP contribution in [-0.4, -0.2) is 145 Å². The third kappa shape index (κ3) is 15.2. The maximum absolute atomic E-state index is 13.1. The number of likely N-dealkylation sites (tertiary alicyclic amines) is 4. The average Bonchev–Trinajstić information content (AvgIpc) is 4.39. The topological polar surface area (TPSA) is 191 Å². The van der Waals surface area contributed by atoms with Crippen LogP contribution in [0, 0.1) is 11.8 Å². The van der Waals surface area contributed by atoms with Gasteiger partial charge < -0.3 is 19.8 Å². The molecular weight excluding hydrogens is 1010 g/mol. The fraction of sp³-hybridized carbons (Fsp3) is 0.323. The molecule has 2 aromatic heterocycles. The Balaban J connectivity index is 0.000000150. The van der Waals surface area contributed by atoms with Gasteiger partial charge in [-0.2, -0.15) is 4.89 Å². The Labute approximate surface area is 467 Å². The van der Waals surface area contributed by atoms with Crippen LogP contribution >= 0.6 is 0 Å². The number of para-hydroxylation sites is 5. The number of H-pyrrole nitrogens is 1. The van der Waals surface area contributed by atoms with Gasteiger partial charge in [-0.3, -0.25) is 34.0 Å². The molecule has 0 aliphatic carbocycles. The molecule has 12 rings (SSSR count). The van der Waals surface area contributed by atoms with E-state index in [-0.39, 0.29) is 18.4 Å². The molecule has 4 saturated heterocycles. The van der Waals surface area contributed by atoms with Crippen molar-refractivity contribution in [2.45, 2.75) is 70.4 Å². The van der Waals surface area contributed by atoms with E-state index < -0.39 is 7.12 Å². The molecule has 4 fully saturated rings. The molecule has 6 heterocycles. The number of hydrogen-bond donors (Lipinski definition) is 4. The van der Waals surface area contributed by atoms with Crippen molar-refractivity contribution in [3.05, 3.63) is 192 Å². The molecule has 8 aromatic rings. The highest BCUT2D eigenvalue weighted by Crippen LogP contribution is 2.26. The summed E-state index contributed by atoms with van der Waals surface area (Å²) < 4.78 is 2.23. The fourth-order valence-corrected chi connectivity index (χ4v) is 10.9. The Morgan fingerprint density at radius 2 is 1.15 bits per heavy atom. The van der Waals surface area contributed by atoms with Gasteiger partial charge in [0.1, 0.15) is 18.3 Å². The van der Waals surface area contributed by atoms with E-state index in [1.165, 1.54) is 51.9 Å². The lowest BCUT2D eigenvalue weighted by molar-refractivity contribution is -0.620. The number of nitrogens with zero attached hydrogens (tertiary/aromatic N) is 7. The van der Waals surface area contributed by atoms with Gasteiger partial charge in [-0.05, 0) is 159 Å². The minimum Gasteiger partial charge on any atom is -0.422 e. The smallest absolute Gasteiger partial charge is 0.422 e. The van der Waals surface area contributed by atoms with Crippen LogP contribution in [0.25, 0.3) is 27.8 Å². The van der Waals surface area contributed by atoms with Crippen LogP contribution in [0.4, 0.5) is 0 Å². The molecule has 4 aliphatic heterocycles. The summed E-state index contributed by atoms with van der Waals surface area (Å²) in [5, 5.41) is 31.1. The van der Waals surface area contributed by atoms with Gasteiger partial charge in [0.25, 0.3) is 11.8 Å². The Hall–Kier alpha value is -7.54. The van der Waals surface area contributed by atoms with Gasteiger partial charge >= 0.3 is 7.12 Å². The van der Waals surface area contributed by atoms with Crippen LogP contribution in [0.1, 0.15) is 88.9 Å². The molecule has 4 aliphatic rings. The molecule has 0 saturated carbocycles. The van der Waals surface area contributed by atoms with E-state index in [1.807, 2.05) is 76.5 Å². The van der Waals surface area contributed by atoms with E-state index in [9.17, 15) is 9.59 Å². The maximum Gasteiger partial charge on any atom is 0.522 e. The predicted octanol–water partition coefficient (Wildman–Crippen LogP) is 8.62. The van der Waals surface area contributed by atoms with Gasteiger partial charge in [-0.1, -0.05) is 103 Å². The third-order valence-corrected chi connectivity index (χ3v) is 15.0. The van der Waals surface area contributed by atoms with Crippen LogP contribution in [0.3, 0.4) is 0 Å². The van der Waals surface area contributed by atoms with Crippen LogP contribution in [-0.2, 0) is 32.6 Å². The zero-order valence-electron chi connectivity index (χ0n) is 45.2. The van der Waals surface area contributed by atoms with Crippen molar-refractivity contribution < 1.29 is 44.9 Å². The Morgan fingerprint density at radius 1 is 0.625 bits per heavy atom. The fourth-order valence-electron chi connectivity index (χ4n) is 10.9. The number of aromatic nitrogens is 4. The number of fused-ring (bicyclic) bond motifs is 2. The van der Waals surface area contributed by atoms with E-state index in [4.69, 9.17) is 20.5 Å². The number of nitrogens with one attached hydrogen (secondary N) is 1. The van der Waals surface area contributed by atoms with Crippen molar-refractivity contribution in [2.24, 2.45) is 0 Å². The first kappa shape index (κ1) is 57.2. The number of imidazole rings is 2. The lowest BCUT2D eigenvalue weighted by atomic mass is 9.80. The van der Waals surface area contributed by atoms with Crippen molar-refractivity contribution in [3.8, 4) is 17.5 Å². The molecule has 0 spiro atoms. The Bertz CT molecular complexity index is 3240. The first-order valence-electron chi connectivity index (χ1n) is 27.5. The molecule has 2 amide bonds. The number of hydrogen-bond acceptors (Lipinski definition) is 13. The zero-order chi connectivity index (χ0) is 55.5. The normalized spacial score (nSPS) is 17.0. The lowest BCUT2D eigenvalue weighted by Crippen LogP contribution is -2.37. The van der Waals surface area contributed by atoms with E-state index >= 15 is 0 Å². The second-order valence-corrected chi connectivity index (χ2v) is 20.2. The highest BCUT2D eigenvalue weighted by Gasteiger charge is 2.33. The summed E-state index contributed by atoms with van der Waals surface area (Å²) in [6.45, 7) is 9.99. The number of benzene rings is 6. The van der Waals surface area contributed by atoms with Crippen LogP contribution in [0.5, 0.6) is 0 Å². The molecule has 80 heavy (non-hydrogen) atoms. The largest absolute Gasteiger partial charge is 0.522 e. The first-order valence-corrected chi connectivity index (χ1v) is 27.5. The standard InChI is InChI=1S/C29H30N4O.C23H26N4O.C6H7BO3.C4H6O4/c34-29(32-19-16-25(21-32)31-17-6-7-18-31)23-14-12-22(13-15-23)20-28-30-26-10-4-5-11-27(26)33(28)24-8-2-1-3-9-24;28-23(27-14-11-19(16-27)26-12-3-4-13-26)18-9-7-17(8-10-18)15-22-24-20-5-1-2-6-21(20)25-22;8-7(10-9)6-4-2-1-3-5-6;1-2-3-4-6-8-7-5/h1-5,8-15,25H,6-7,16-21H2;1-2,5-10,19H,3-4,11-16H2,(H,24,25);1-5,8-9H;5H,4H2,1H3/t25-;19-;;/m00../s1. The van der Waals surface area contributed by atoms with Gasteiger partial charge in [0.15, 0.2) is 0 Å². The Morgan fingerprint density at radius 3 is 1.70 bits per heavy atom. The molecule has 6 aromatic carbocycles. The second kappa shape index (κ2) is 29.1. The lowest BCUT2D eigenvalue weighted by Gasteiger charge is -2.23. The summed E-state index contributed by atoms with van der Waals surface area (Å²) in [5.41, 5.74) is 9.68. The summed E-state index contributed by atoms with van der Waals surface area (Å²) in [6, 6.07) is 52.6. The second-order valence-electron chi connectivity index (χ2n) is 20.2. The average molecular weight is 1080 g/mol. The number of carbonyl (C=O) groups excluding carboxylic acids is 2. The molecule has 0 unspecified atom stereocenters. The van der Waals surface area contributed by atoms with E-state index in [0.29, 0.717) is 24.0 Å². The quantitative estimate of drug-likeness (QED) is 0.0266. The van der Waals surface area contributed by atoms with Gasteiger partial charge in [0.2, 0.25) is 0 Å². The molecule has 0 bridgehead atoms. The van der Waals surface area contributed by atoms with Crippen molar-refractivity contribution in [3.63, 3.8) is 0 Å². The monoisotopic (exact) mass is 1080 g/mol. The summed E-state index contributed by atoms with van der Waals surface area (Å²) in [5.74, 6) is 7.30. The molecular formula is C62H69BN8O9. The van der Waals surface area contributed by atoms with Crippen molar-refractivity contribution in [2.75, 3.05) is 59.0 Å². The predicted molar refractivity (Wildman–Crippen MR) is 308 cm³/mol. The number of amides is 2. The van der Waals surface area contributed by atoms with Crippen LogP contribution < -0.4 is 5.46 Å². The molecule has 4 N–H and O–H groups in total. The zero-order valence-corrected chi connectivity index (χ0v) is 45.2. The van der Waals surface area contributed by atoms with E-state index in [2.05, 4.69) is 123 Å². The van der Waals surface area contributed by atoms with Crippen molar-refractivity contribution >= 4 is 46.5 Å². The minimum atomic E-state index is -1.24. The summed E-state index contributed by atoms with van der Waals surface area (Å²) >= 11 is 0. The van der Waals surface area contributed by atoms with Gasteiger partial charge in [-0.15, -0.1) is 5.92 Å². The molecule has 414 valence electrons. The first-order chi connectivity index (χ1) is 39.3. The molecule has 17 nitrogen and oxygen atoms in total. The molecule has 2 atom stereocenters. The van der Waals surface area contributed by atoms with E-state index in [1.54, 1.807) is 31.2 Å². The number of aromatic amines is 1. The van der Waals surface area contributed by atoms with Crippen molar-refractivity contribution in [1.29, 1.82) is 0 Å². The van der Waals surface area contributed by atoms with Gasteiger partial charge in [0.05, 0.1) is 22.1 Å². The summed E-state index contributed by atoms with van der Waals surface area (Å²) in [6.07, 6.45) is 8.85. The summed E-state index contributed by atoms with van der Waals surface area (Å²) in [4.78, 5) is 55.9. The van der Waals surface area contributed by atoms with E-state index in [0.717, 1.165) is 107 Å². The highest BCUT2D eigenvalue weighted by atomic mass is 17.6. The van der Waals surface area contributed by atoms with Crippen LogP contribution in [0.2, 0.25) is 0 Å². The SMILES string of the molecule is CC#CCOOOO.O=C(c1ccc(Cc2nc3ccccc3[nH]2)cc1)N1CC[C@H](N2CCCC2)C1.O=C(c1ccc(Cc2nc3ccccc3n2-c2ccccc2)cc1)N1CC[C@H](N2CCCC2)C1.OOB(O)c1ccccc1. The van der Waals surface area contributed by atoms with Crippen LogP contribution in [0.15, 0.2) is 158 Å². The number of carbonyl (C=O) groups is 2. The molecule has 18 heteroatoms. The van der Waals surface area contributed by atoms with Gasteiger partial charge in [-0.25, -0.2) is 15.2 Å². The maximum atomic E-state index is 13.1. The minimum absolute atomic E-state index is 0.0804. The van der Waals surface area contributed by atoms with Crippen molar-refractivity contribution in [1.82, 2.24) is 39.1 Å². The van der Waals surface area contributed by atoms with Gasteiger partial charge in [0, 0.05) is 67.9 Å². The number of rotatable bonds is 14.